The summed E-state index contributed by atoms with van der Waals surface area (Å²) < 4.78 is 29.3. The topological polar surface area (TPSA) is 155 Å². The fourth-order valence-electron chi connectivity index (χ4n) is 2.25. The zero-order valence-electron chi connectivity index (χ0n) is 13.7. The second kappa shape index (κ2) is 7.43. The first-order valence-electron chi connectivity index (χ1n) is 7.55. The van der Waals surface area contributed by atoms with Crippen molar-refractivity contribution >= 4 is 15.7 Å². The molecule has 0 saturated carbocycles. The van der Waals surface area contributed by atoms with Crippen LogP contribution in [0.2, 0.25) is 0 Å². The molecule has 0 bridgehead atoms. The van der Waals surface area contributed by atoms with E-state index >= 15 is 0 Å². The molecular weight excluding hydrogens is 378 g/mol. The molecule has 0 aliphatic rings. The van der Waals surface area contributed by atoms with Gasteiger partial charge in [0.15, 0.2) is 10.7 Å². The zero-order valence-corrected chi connectivity index (χ0v) is 14.5. The van der Waals surface area contributed by atoms with Gasteiger partial charge in [0.1, 0.15) is 12.7 Å². The number of sulfonamides is 1. The van der Waals surface area contributed by atoms with E-state index in [1.807, 2.05) is 0 Å². The average molecular weight is 391 g/mol. The average Bonchev–Trinajstić information content (AvgIpc) is 3.18. The van der Waals surface area contributed by atoms with Crippen molar-refractivity contribution < 1.29 is 13.3 Å². The monoisotopic (exact) mass is 391 g/mol. The quantitative estimate of drug-likeness (QED) is 0.425. The normalized spacial score (nSPS) is 11.4. The summed E-state index contributed by atoms with van der Waals surface area (Å²) in [4.78, 5) is 25.5. The Balaban J connectivity index is 1.76. The Morgan fingerprint density at radius 3 is 2.67 bits per heavy atom. The van der Waals surface area contributed by atoms with Crippen LogP contribution in [0.5, 0.6) is 0 Å². The van der Waals surface area contributed by atoms with Crippen molar-refractivity contribution in [2.45, 2.75) is 11.4 Å². The highest BCUT2D eigenvalue weighted by Gasteiger charge is 2.24. The minimum absolute atomic E-state index is 0.0821. The summed E-state index contributed by atoms with van der Waals surface area (Å²) in [7, 11) is -4.13. The van der Waals surface area contributed by atoms with Gasteiger partial charge in [0, 0.05) is 18.7 Å². The maximum Gasteiger partial charge on any atom is 0.289 e. The third-order valence-electron chi connectivity index (χ3n) is 3.47. The van der Waals surface area contributed by atoms with Crippen molar-refractivity contribution in [2.75, 3.05) is 6.54 Å². The molecule has 2 heterocycles. The maximum atomic E-state index is 12.3. The molecule has 0 fully saturated rings. The molecule has 0 saturated heterocycles. The van der Waals surface area contributed by atoms with Crippen molar-refractivity contribution in [2.24, 2.45) is 0 Å². The SMILES string of the molecule is O=c1ccc(-n2cncn2)nn1CCNS(=O)(=O)c1ccccc1[N+](=O)[O-]. The van der Waals surface area contributed by atoms with Crippen LogP contribution in [0.25, 0.3) is 5.82 Å². The van der Waals surface area contributed by atoms with Gasteiger partial charge in [-0.1, -0.05) is 12.1 Å². The highest BCUT2D eigenvalue weighted by molar-refractivity contribution is 7.89. The molecule has 0 amide bonds. The summed E-state index contributed by atoms with van der Waals surface area (Å²) in [5, 5.41) is 19.0. The van der Waals surface area contributed by atoms with Gasteiger partial charge in [-0.2, -0.15) is 5.10 Å². The number of hydrogen-bond donors (Lipinski definition) is 1. The third-order valence-corrected chi connectivity index (χ3v) is 4.98. The second-order valence-electron chi connectivity index (χ2n) is 5.22. The van der Waals surface area contributed by atoms with E-state index in [0.717, 1.165) is 16.8 Å². The lowest BCUT2D eigenvalue weighted by Gasteiger charge is -2.09. The molecule has 27 heavy (non-hydrogen) atoms. The van der Waals surface area contributed by atoms with Gasteiger partial charge in [0.05, 0.1) is 11.5 Å². The Hall–Kier alpha value is -3.45. The number of hydrogen-bond acceptors (Lipinski definition) is 8. The van der Waals surface area contributed by atoms with Crippen molar-refractivity contribution in [3.63, 3.8) is 0 Å². The Labute approximate surface area is 152 Å². The maximum absolute atomic E-state index is 12.3. The Morgan fingerprint density at radius 1 is 1.19 bits per heavy atom. The first kappa shape index (κ1) is 18.3. The van der Waals surface area contributed by atoms with E-state index in [0.29, 0.717) is 5.82 Å². The van der Waals surface area contributed by atoms with Gasteiger partial charge in [-0.25, -0.2) is 27.5 Å². The Bertz CT molecular complexity index is 1120. The van der Waals surface area contributed by atoms with Crippen molar-refractivity contribution in [3.05, 3.63) is 69.5 Å². The number of para-hydroxylation sites is 1. The van der Waals surface area contributed by atoms with Crippen LogP contribution >= 0.6 is 0 Å². The number of nitro groups is 1. The number of rotatable bonds is 7. The van der Waals surface area contributed by atoms with Gasteiger partial charge in [0.25, 0.3) is 11.2 Å². The van der Waals surface area contributed by atoms with E-state index < -0.39 is 31.1 Å². The first-order chi connectivity index (χ1) is 12.9. The number of nitro benzene ring substituents is 1. The molecule has 0 aliphatic carbocycles. The molecule has 0 aliphatic heterocycles. The number of nitrogens with zero attached hydrogens (tertiary/aromatic N) is 6. The molecule has 3 rings (SSSR count). The Kier molecular flexibility index (Phi) is 5.05. The van der Waals surface area contributed by atoms with Crippen LogP contribution in [0, 0.1) is 10.1 Å². The first-order valence-corrected chi connectivity index (χ1v) is 9.03. The predicted octanol–water partition coefficient (Wildman–Crippen LogP) is -0.289. The van der Waals surface area contributed by atoms with Crippen LogP contribution in [-0.2, 0) is 16.6 Å². The summed E-state index contributed by atoms with van der Waals surface area (Å²) in [6.45, 7) is -0.274. The van der Waals surface area contributed by atoms with E-state index in [2.05, 4.69) is 19.9 Å². The highest BCUT2D eigenvalue weighted by Crippen LogP contribution is 2.22. The molecular formula is C14H13N7O5S. The molecule has 1 aromatic carbocycles. The van der Waals surface area contributed by atoms with Crippen LogP contribution < -0.4 is 10.3 Å². The number of aromatic nitrogens is 5. The summed E-state index contributed by atoms with van der Waals surface area (Å²) in [5.41, 5.74) is -0.975. The molecule has 3 aromatic rings. The summed E-state index contributed by atoms with van der Waals surface area (Å²) in [6.07, 6.45) is 2.70. The van der Waals surface area contributed by atoms with Crippen molar-refractivity contribution in [3.8, 4) is 5.82 Å². The molecule has 1 N–H and O–H groups in total. The molecule has 12 nitrogen and oxygen atoms in total. The fraction of sp³-hybridized carbons (Fsp3) is 0.143. The van der Waals surface area contributed by atoms with Gasteiger partial charge >= 0.3 is 0 Å². The van der Waals surface area contributed by atoms with E-state index in [9.17, 15) is 23.3 Å². The lowest BCUT2D eigenvalue weighted by molar-refractivity contribution is -0.387. The summed E-state index contributed by atoms with van der Waals surface area (Å²) in [6, 6.07) is 7.70. The minimum atomic E-state index is -4.13. The molecule has 0 spiro atoms. The predicted molar refractivity (Wildman–Crippen MR) is 91.7 cm³/mol. The Morgan fingerprint density at radius 2 is 1.96 bits per heavy atom. The van der Waals surface area contributed by atoms with Crippen LogP contribution in [0.4, 0.5) is 5.69 Å². The second-order valence-corrected chi connectivity index (χ2v) is 6.95. The number of nitrogens with one attached hydrogen (secondary N) is 1. The van der Waals surface area contributed by atoms with Crippen molar-refractivity contribution in [1.82, 2.24) is 29.3 Å². The third kappa shape index (κ3) is 4.04. The largest absolute Gasteiger partial charge is 0.289 e. The van der Waals surface area contributed by atoms with Gasteiger partial charge in [-0.3, -0.25) is 14.9 Å². The highest BCUT2D eigenvalue weighted by atomic mass is 32.2. The van der Waals surface area contributed by atoms with Gasteiger partial charge in [0.2, 0.25) is 10.0 Å². The van der Waals surface area contributed by atoms with Gasteiger partial charge in [-0.15, -0.1) is 5.10 Å². The van der Waals surface area contributed by atoms with Crippen molar-refractivity contribution in [1.29, 1.82) is 0 Å². The van der Waals surface area contributed by atoms with Gasteiger partial charge in [-0.05, 0) is 12.1 Å². The fourth-order valence-corrected chi connectivity index (χ4v) is 3.44. The minimum Gasteiger partial charge on any atom is -0.268 e. The lowest BCUT2D eigenvalue weighted by Crippen LogP contribution is -2.32. The van der Waals surface area contributed by atoms with E-state index in [1.165, 1.54) is 41.6 Å². The standard InChI is InChI=1S/C14H13N7O5S/c22-14-6-5-13(20-10-15-9-16-20)18-19(14)8-7-17-27(25,26)12-4-2-1-3-11(12)21(23)24/h1-6,9-10,17H,7-8H2. The van der Waals surface area contributed by atoms with Crippen LogP contribution in [0.3, 0.4) is 0 Å². The van der Waals surface area contributed by atoms with E-state index in [1.54, 1.807) is 0 Å². The molecule has 0 unspecified atom stereocenters. The summed E-state index contributed by atoms with van der Waals surface area (Å²) in [5.74, 6) is 0.327. The smallest absolute Gasteiger partial charge is 0.268 e. The van der Waals surface area contributed by atoms with E-state index in [4.69, 9.17) is 0 Å². The van der Waals surface area contributed by atoms with Gasteiger partial charge < -0.3 is 0 Å². The molecule has 2 aromatic heterocycles. The molecule has 13 heteroatoms. The molecule has 140 valence electrons. The molecule has 0 radical (unpaired) electrons. The lowest BCUT2D eigenvalue weighted by atomic mass is 10.3. The number of benzene rings is 1. The van der Waals surface area contributed by atoms with Crippen LogP contribution in [0.15, 0.2) is 58.7 Å². The molecule has 0 atom stereocenters. The zero-order chi connectivity index (χ0) is 19.4. The van der Waals surface area contributed by atoms with Crippen LogP contribution in [-0.4, -0.2) is 44.4 Å². The van der Waals surface area contributed by atoms with E-state index in [-0.39, 0.29) is 13.1 Å². The summed E-state index contributed by atoms with van der Waals surface area (Å²) >= 11 is 0. The van der Waals surface area contributed by atoms with Crippen LogP contribution in [0.1, 0.15) is 0 Å².